The maximum atomic E-state index is 11.6. The normalized spacial score (nSPS) is 10.4. The first-order valence-corrected chi connectivity index (χ1v) is 6.26. The molecule has 0 atom stereocenters. The van der Waals surface area contributed by atoms with Crippen LogP contribution in [-0.2, 0) is 4.74 Å². The van der Waals surface area contributed by atoms with Crippen LogP contribution < -0.4 is 0 Å². The van der Waals surface area contributed by atoms with E-state index >= 15 is 0 Å². The third kappa shape index (κ3) is 2.17. The van der Waals surface area contributed by atoms with Crippen molar-refractivity contribution in [2.24, 2.45) is 0 Å². The predicted molar refractivity (Wildman–Crippen MR) is 63.5 cm³/mol. The molecular formula is C10H8BrNO3S. The van der Waals surface area contributed by atoms with Crippen LogP contribution in [-0.4, -0.2) is 17.6 Å². The number of esters is 1. The first-order valence-electron chi connectivity index (χ1n) is 4.58. The number of thiazole rings is 1. The van der Waals surface area contributed by atoms with Crippen LogP contribution in [0, 0.1) is 0 Å². The van der Waals surface area contributed by atoms with E-state index in [4.69, 9.17) is 9.15 Å². The van der Waals surface area contributed by atoms with Gasteiger partial charge in [0.25, 0.3) is 0 Å². The summed E-state index contributed by atoms with van der Waals surface area (Å²) in [5.41, 5.74) is 1.89. The fourth-order valence-electron chi connectivity index (χ4n) is 1.20. The van der Waals surface area contributed by atoms with Gasteiger partial charge in [-0.1, -0.05) is 0 Å². The van der Waals surface area contributed by atoms with Crippen molar-refractivity contribution in [2.75, 3.05) is 6.61 Å². The second-order valence-electron chi connectivity index (χ2n) is 2.85. The van der Waals surface area contributed by atoms with Gasteiger partial charge in [0.2, 0.25) is 0 Å². The van der Waals surface area contributed by atoms with Crippen molar-refractivity contribution >= 4 is 33.2 Å². The first kappa shape index (κ1) is 11.3. The number of ether oxygens (including phenoxy) is 1. The lowest BCUT2D eigenvalue weighted by Crippen LogP contribution is -2.05. The van der Waals surface area contributed by atoms with Gasteiger partial charge in [-0.05, 0) is 35.0 Å². The standard InChI is InChI=1S/C10H8BrNO3S/c1-2-14-10(13)8-9(16-5-12-8)6-3-4-7(11)15-6/h3-5H,2H2,1H3. The quantitative estimate of drug-likeness (QED) is 0.816. The highest BCUT2D eigenvalue weighted by Crippen LogP contribution is 2.31. The summed E-state index contributed by atoms with van der Waals surface area (Å²) in [6, 6.07) is 3.55. The Kier molecular flexibility index (Phi) is 3.40. The molecule has 2 heterocycles. The molecule has 2 aromatic rings. The monoisotopic (exact) mass is 301 g/mol. The molecule has 2 rings (SSSR count). The lowest BCUT2D eigenvalue weighted by atomic mass is 10.3. The van der Waals surface area contributed by atoms with E-state index in [2.05, 4.69) is 20.9 Å². The van der Waals surface area contributed by atoms with Crippen LogP contribution >= 0.6 is 27.3 Å². The van der Waals surface area contributed by atoms with Crippen LogP contribution in [0.2, 0.25) is 0 Å². The Labute approximate surface area is 104 Å². The Balaban J connectivity index is 2.36. The number of nitrogens with zero attached hydrogens (tertiary/aromatic N) is 1. The fraction of sp³-hybridized carbons (Fsp3) is 0.200. The highest BCUT2D eigenvalue weighted by molar-refractivity contribution is 9.10. The molecule has 0 aliphatic carbocycles. The molecule has 0 spiro atoms. The topological polar surface area (TPSA) is 52.3 Å². The summed E-state index contributed by atoms with van der Waals surface area (Å²) in [7, 11) is 0. The molecule has 0 bridgehead atoms. The zero-order chi connectivity index (χ0) is 11.5. The first-order chi connectivity index (χ1) is 7.72. The van der Waals surface area contributed by atoms with Crippen molar-refractivity contribution < 1.29 is 13.9 Å². The highest BCUT2D eigenvalue weighted by Gasteiger charge is 2.19. The summed E-state index contributed by atoms with van der Waals surface area (Å²) in [5, 5.41) is 0. The van der Waals surface area contributed by atoms with Gasteiger partial charge in [0.1, 0.15) is 10.6 Å². The van der Waals surface area contributed by atoms with Crippen molar-refractivity contribution in [1.29, 1.82) is 0 Å². The molecule has 4 nitrogen and oxygen atoms in total. The molecule has 0 saturated carbocycles. The molecule has 0 radical (unpaired) electrons. The summed E-state index contributed by atoms with van der Waals surface area (Å²) in [6.07, 6.45) is 0. The molecule has 0 saturated heterocycles. The second kappa shape index (κ2) is 4.80. The molecule has 0 aromatic carbocycles. The Bertz CT molecular complexity index is 506. The van der Waals surface area contributed by atoms with Gasteiger partial charge < -0.3 is 9.15 Å². The fourth-order valence-corrected chi connectivity index (χ4v) is 2.25. The van der Waals surface area contributed by atoms with Crippen molar-refractivity contribution in [3.05, 3.63) is 28.0 Å². The maximum Gasteiger partial charge on any atom is 0.358 e. The molecule has 16 heavy (non-hydrogen) atoms. The van der Waals surface area contributed by atoms with Crippen LogP contribution in [0.1, 0.15) is 17.4 Å². The summed E-state index contributed by atoms with van der Waals surface area (Å²) in [4.78, 5) is 16.2. The summed E-state index contributed by atoms with van der Waals surface area (Å²) < 4.78 is 10.9. The molecule has 0 aliphatic rings. The van der Waals surface area contributed by atoms with Crippen LogP contribution in [0.4, 0.5) is 0 Å². The third-order valence-electron chi connectivity index (χ3n) is 1.83. The minimum Gasteiger partial charge on any atom is -0.461 e. The SMILES string of the molecule is CCOC(=O)c1ncsc1-c1ccc(Br)o1. The maximum absolute atomic E-state index is 11.6. The van der Waals surface area contributed by atoms with Crippen LogP contribution in [0.15, 0.2) is 26.7 Å². The third-order valence-corrected chi connectivity index (χ3v) is 3.10. The van der Waals surface area contributed by atoms with Crippen LogP contribution in [0.3, 0.4) is 0 Å². The number of hydrogen-bond acceptors (Lipinski definition) is 5. The number of carbonyl (C=O) groups is 1. The Morgan fingerprint density at radius 3 is 3.06 bits per heavy atom. The summed E-state index contributed by atoms with van der Waals surface area (Å²) >= 11 is 4.56. The number of halogens is 1. The number of furan rings is 1. The number of hydrogen-bond donors (Lipinski definition) is 0. The van der Waals surface area contributed by atoms with E-state index in [1.54, 1.807) is 24.6 Å². The Morgan fingerprint density at radius 2 is 2.44 bits per heavy atom. The van der Waals surface area contributed by atoms with Crippen LogP contribution in [0.5, 0.6) is 0 Å². The second-order valence-corrected chi connectivity index (χ2v) is 4.49. The molecule has 0 aliphatic heterocycles. The molecular weight excluding hydrogens is 294 g/mol. The predicted octanol–water partition coefficient (Wildman–Crippen LogP) is 3.34. The number of carbonyl (C=O) groups excluding carboxylic acids is 1. The van der Waals surface area contributed by atoms with Gasteiger partial charge in [0, 0.05) is 0 Å². The van der Waals surface area contributed by atoms with Crippen molar-refractivity contribution in [2.45, 2.75) is 6.92 Å². The Morgan fingerprint density at radius 1 is 1.62 bits per heavy atom. The van der Waals surface area contributed by atoms with Gasteiger partial charge in [-0.2, -0.15) is 0 Å². The molecule has 0 fully saturated rings. The van der Waals surface area contributed by atoms with Gasteiger partial charge in [-0.15, -0.1) is 11.3 Å². The zero-order valence-electron chi connectivity index (χ0n) is 8.40. The van der Waals surface area contributed by atoms with E-state index in [1.165, 1.54) is 11.3 Å². The van der Waals surface area contributed by atoms with E-state index in [-0.39, 0.29) is 0 Å². The zero-order valence-corrected chi connectivity index (χ0v) is 10.8. The van der Waals surface area contributed by atoms with Gasteiger partial charge in [-0.3, -0.25) is 0 Å². The average molecular weight is 302 g/mol. The van der Waals surface area contributed by atoms with E-state index < -0.39 is 5.97 Å². The summed E-state index contributed by atoms with van der Waals surface area (Å²) in [5.74, 6) is 0.184. The average Bonchev–Trinajstić information content (AvgIpc) is 2.85. The van der Waals surface area contributed by atoms with Gasteiger partial charge in [-0.25, -0.2) is 9.78 Å². The minimum atomic E-state index is -0.425. The molecule has 0 amide bonds. The minimum absolute atomic E-state index is 0.300. The molecule has 0 N–H and O–H groups in total. The smallest absolute Gasteiger partial charge is 0.358 e. The van der Waals surface area contributed by atoms with Crippen molar-refractivity contribution in [3.8, 4) is 10.6 Å². The lowest BCUT2D eigenvalue weighted by Gasteiger charge is -1.99. The number of aromatic nitrogens is 1. The van der Waals surface area contributed by atoms with Gasteiger partial charge >= 0.3 is 5.97 Å². The largest absolute Gasteiger partial charge is 0.461 e. The van der Waals surface area contributed by atoms with Gasteiger partial charge in [0.15, 0.2) is 10.4 Å². The van der Waals surface area contributed by atoms with E-state index in [9.17, 15) is 4.79 Å². The van der Waals surface area contributed by atoms with E-state index in [0.29, 0.717) is 27.6 Å². The highest BCUT2D eigenvalue weighted by atomic mass is 79.9. The molecule has 84 valence electrons. The summed E-state index contributed by atoms with van der Waals surface area (Å²) in [6.45, 7) is 2.09. The lowest BCUT2D eigenvalue weighted by molar-refractivity contribution is 0.0521. The van der Waals surface area contributed by atoms with Crippen LogP contribution in [0.25, 0.3) is 10.6 Å². The molecule has 2 aromatic heterocycles. The van der Waals surface area contributed by atoms with Gasteiger partial charge in [0.05, 0.1) is 12.1 Å². The van der Waals surface area contributed by atoms with E-state index in [0.717, 1.165) is 0 Å². The van der Waals surface area contributed by atoms with Crippen molar-refractivity contribution in [1.82, 2.24) is 4.98 Å². The van der Waals surface area contributed by atoms with Crippen molar-refractivity contribution in [3.63, 3.8) is 0 Å². The van der Waals surface area contributed by atoms with E-state index in [1.807, 2.05) is 0 Å². The molecule has 0 unspecified atom stereocenters. The Hall–Kier alpha value is -1.14. The number of rotatable bonds is 3. The molecule has 6 heteroatoms.